The number of benzene rings is 8. The number of aromatic nitrogens is 4. The number of fused-ring (bicyclic) bond motifs is 9. The lowest BCUT2D eigenvalue weighted by atomic mass is 10.0. The van der Waals surface area contributed by atoms with Gasteiger partial charge in [0.25, 0.3) is 0 Å². The molecule has 0 saturated heterocycles. The van der Waals surface area contributed by atoms with Crippen molar-refractivity contribution in [3.8, 4) is 39.9 Å². The minimum absolute atomic E-state index is 0.598. The lowest BCUT2D eigenvalue weighted by Crippen LogP contribution is -2.00. The Balaban J connectivity index is 1.22. The molecule has 5 nitrogen and oxygen atoms in total. The molecular weight excluding hydrogens is 637 g/mol. The maximum absolute atomic E-state index is 6.90. The van der Waals surface area contributed by atoms with Crippen molar-refractivity contribution in [2.75, 3.05) is 0 Å². The minimum atomic E-state index is 0.598. The number of nitrogens with zero attached hydrogens (tertiary/aromatic N) is 4. The van der Waals surface area contributed by atoms with Crippen LogP contribution in [-0.4, -0.2) is 19.5 Å². The maximum atomic E-state index is 6.90. The fraction of sp³-hybridized carbons (Fsp3) is 0. The van der Waals surface area contributed by atoms with Crippen LogP contribution in [0.1, 0.15) is 0 Å². The van der Waals surface area contributed by atoms with Gasteiger partial charge in [-0.3, -0.25) is 0 Å². The first-order valence-electron chi connectivity index (χ1n) is 17.5. The summed E-state index contributed by atoms with van der Waals surface area (Å²) in [5.41, 5.74) is 7.62. The number of rotatable bonds is 4. The van der Waals surface area contributed by atoms with Crippen molar-refractivity contribution in [3.05, 3.63) is 170 Å². The number of para-hydroxylation sites is 1. The van der Waals surface area contributed by atoms with Gasteiger partial charge in [-0.15, -0.1) is 0 Å². The third kappa shape index (κ3) is 4.33. The van der Waals surface area contributed by atoms with Crippen molar-refractivity contribution in [3.63, 3.8) is 0 Å². The highest BCUT2D eigenvalue weighted by Gasteiger charge is 2.22. The molecule has 0 unspecified atom stereocenters. The van der Waals surface area contributed by atoms with Gasteiger partial charge in [-0.2, -0.15) is 0 Å². The average molecular weight is 665 g/mol. The zero-order valence-electron chi connectivity index (χ0n) is 27.9. The molecule has 5 heteroatoms. The van der Waals surface area contributed by atoms with E-state index in [-0.39, 0.29) is 0 Å². The van der Waals surface area contributed by atoms with E-state index in [1.54, 1.807) is 0 Å². The van der Waals surface area contributed by atoms with Crippen LogP contribution in [0.15, 0.2) is 174 Å². The first-order chi connectivity index (χ1) is 25.8. The standard InChI is InChI=1S/C47H28N4O/c1-3-14-30(15-4-1)45-48-46(31-16-5-2-6-17-31)50-47(49-45)37-22-12-24-41-42(37)36-21-11-23-39(44(36)52-41)51-40-28-33-19-8-7-18-32(33)27-38(40)35-26-25-29-13-9-10-20-34(29)43(35)51/h1-28H. The van der Waals surface area contributed by atoms with Gasteiger partial charge >= 0.3 is 0 Å². The fourth-order valence-electron chi connectivity index (χ4n) is 7.84. The molecule has 3 heterocycles. The molecule has 0 aliphatic rings. The van der Waals surface area contributed by atoms with Crippen molar-refractivity contribution in [1.29, 1.82) is 0 Å². The Hall–Kier alpha value is -7.11. The molecule has 0 atom stereocenters. The zero-order chi connectivity index (χ0) is 34.2. The Labute approximate surface area is 298 Å². The third-order valence-corrected chi connectivity index (χ3v) is 10.2. The SMILES string of the molecule is c1ccc(-c2nc(-c3ccccc3)nc(-c3cccc4oc5c(-n6c7cc8ccccc8cc7c7ccc8ccccc8c76)cccc5c34)n2)cc1. The van der Waals surface area contributed by atoms with Gasteiger partial charge in [0.05, 0.1) is 16.7 Å². The van der Waals surface area contributed by atoms with Gasteiger partial charge < -0.3 is 8.98 Å². The largest absolute Gasteiger partial charge is 0.454 e. The normalized spacial score (nSPS) is 11.8. The van der Waals surface area contributed by atoms with E-state index in [9.17, 15) is 0 Å². The van der Waals surface area contributed by atoms with E-state index in [2.05, 4.69) is 102 Å². The summed E-state index contributed by atoms with van der Waals surface area (Å²) in [4.78, 5) is 15.1. The molecule has 0 spiro atoms. The van der Waals surface area contributed by atoms with E-state index in [0.29, 0.717) is 17.5 Å². The smallest absolute Gasteiger partial charge is 0.164 e. The van der Waals surface area contributed by atoms with Gasteiger partial charge in [0.15, 0.2) is 23.1 Å². The second-order valence-electron chi connectivity index (χ2n) is 13.2. The second-order valence-corrected chi connectivity index (χ2v) is 13.2. The summed E-state index contributed by atoms with van der Waals surface area (Å²) in [5.74, 6) is 1.85. The molecule has 11 aromatic rings. The lowest BCUT2D eigenvalue weighted by Gasteiger charge is -2.11. The molecule has 52 heavy (non-hydrogen) atoms. The highest BCUT2D eigenvalue weighted by atomic mass is 16.3. The zero-order valence-corrected chi connectivity index (χ0v) is 27.9. The number of furan rings is 1. The van der Waals surface area contributed by atoms with Crippen LogP contribution in [0.25, 0.3) is 105 Å². The van der Waals surface area contributed by atoms with Crippen LogP contribution in [0.4, 0.5) is 0 Å². The molecule has 0 bridgehead atoms. The van der Waals surface area contributed by atoms with E-state index < -0.39 is 0 Å². The van der Waals surface area contributed by atoms with Gasteiger partial charge in [-0.05, 0) is 40.4 Å². The Morgan fingerprint density at radius 1 is 0.423 bits per heavy atom. The molecule has 0 amide bonds. The quantitative estimate of drug-likeness (QED) is 0.188. The summed E-state index contributed by atoms with van der Waals surface area (Å²) in [7, 11) is 0. The molecule has 11 rings (SSSR count). The summed E-state index contributed by atoms with van der Waals surface area (Å²) in [6, 6.07) is 59.1. The molecule has 0 radical (unpaired) electrons. The predicted octanol–water partition coefficient (Wildman–Crippen LogP) is 12.2. The van der Waals surface area contributed by atoms with Crippen molar-refractivity contribution in [2.45, 2.75) is 0 Å². The van der Waals surface area contributed by atoms with Gasteiger partial charge in [-0.25, -0.2) is 15.0 Å². The Morgan fingerprint density at radius 2 is 1.04 bits per heavy atom. The van der Waals surface area contributed by atoms with Gasteiger partial charge in [0.2, 0.25) is 0 Å². The van der Waals surface area contributed by atoms with Crippen LogP contribution in [-0.2, 0) is 0 Å². The van der Waals surface area contributed by atoms with Crippen molar-refractivity contribution < 1.29 is 4.42 Å². The topological polar surface area (TPSA) is 56.7 Å². The number of hydrogen-bond donors (Lipinski definition) is 0. The fourth-order valence-corrected chi connectivity index (χ4v) is 7.84. The Bertz CT molecular complexity index is 3120. The summed E-state index contributed by atoms with van der Waals surface area (Å²) >= 11 is 0. The van der Waals surface area contributed by atoms with Gasteiger partial charge in [0, 0.05) is 43.6 Å². The molecule has 0 aliphatic heterocycles. The third-order valence-electron chi connectivity index (χ3n) is 10.2. The average Bonchev–Trinajstić information content (AvgIpc) is 3.76. The van der Waals surface area contributed by atoms with E-state index in [0.717, 1.165) is 55.3 Å². The molecule has 0 saturated carbocycles. The van der Waals surface area contributed by atoms with Crippen molar-refractivity contribution in [2.24, 2.45) is 0 Å². The van der Waals surface area contributed by atoms with Gasteiger partial charge in [-0.1, -0.05) is 146 Å². The van der Waals surface area contributed by atoms with Crippen molar-refractivity contribution >= 4 is 65.3 Å². The Morgan fingerprint density at radius 3 is 1.79 bits per heavy atom. The van der Waals surface area contributed by atoms with Crippen LogP contribution >= 0.6 is 0 Å². The Kier molecular flexibility index (Phi) is 6.18. The van der Waals surface area contributed by atoms with Crippen LogP contribution in [0.3, 0.4) is 0 Å². The summed E-state index contributed by atoms with van der Waals surface area (Å²) < 4.78 is 9.30. The van der Waals surface area contributed by atoms with Crippen LogP contribution in [0.5, 0.6) is 0 Å². The van der Waals surface area contributed by atoms with E-state index in [4.69, 9.17) is 19.4 Å². The van der Waals surface area contributed by atoms with Crippen LogP contribution in [0, 0.1) is 0 Å². The molecule has 0 aliphatic carbocycles. The van der Waals surface area contributed by atoms with E-state index in [1.165, 1.54) is 32.3 Å². The van der Waals surface area contributed by atoms with Gasteiger partial charge in [0.1, 0.15) is 5.58 Å². The molecule has 0 fully saturated rings. The monoisotopic (exact) mass is 664 g/mol. The van der Waals surface area contributed by atoms with Crippen LogP contribution in [0.2, 0.25) is 0 Å². The molecular formula is C47H28N4O. The predicted molar refractivity (Wildman–Crippen MR) is 213 cm³/mol. The molecule has 8 aromatic carbocycles. The highest BCUT2D eigenvalue weighted by Crippen LogP contribution is 2.43. The molecule has 3 aromatic heterocycles. The van der Waals surface area contributed by atoms with Crippen molar-refractivity contribution in [1.82, 2.24) is 19.5 Å². The van der Waals surface area contributed by atoms with E-state index >= 15 is 0 Å². The maximum Gasteiger partial charge on any atom is 0.164 e. The lowest BCUT2D eigenvalue weighted by molar-refractivity contribution is 0.666. The minimum Gasteiger partial charge on any atom is -0.454 e. The summed E-state index contributed by atoms with van der Waals surface area (Å²) in [6.45, 7) is 0. The first kappa shape index (κ1) is 28.7. The number of hydrogen-bond acceptors (Lipinski definition) is 4. The van der Waals surface area contributed by atoms with E-state index in [1.807, 2.05) is 72.8 Å². The van der Waals surface area contributed by atoms with Crippen LogP contribution < -0.4 is 0 Å². The first-order valence-corrected chi connectivity index (χ1v) is 17.5. The summed E-state index contributed by atoms with van der Waals surface area (Å²) in [5, 5.41) is 9.20. The second kappa shape index (κ2) is 11.2. The molecule has 242 valence electrons. The summed E-state index contributed by atoms with van der Waals surface area (Å²) in [6.07, 6.45) is 0. The molecule has 0 N–H and O–H groups in total. The highest BCUT2D eigenvalue weighted by molar-refractivity contribution is 6.22.